The Morgan fingerprint density at radius 3 is 2.39 bits per heavy atom. The van der Waals surface area contributed by atoms with Crippen molar-refractivity contribution in [3.05, 3.63) is 54.1 Å². The highest BCUT2D eigenvalue weighted by molar-refractivity contribution is 5.88. The Morgan fingerprint density at radius 2 is 1.71 bits per heavy atom. The fourth-order valence-corrected chi connectivity index (χ4v) is 3.77. The first-order chi connectivity index (χ1) is 13.6. The Labute approximate surface area is 165 Å². The third-order valence-corrected chi connectivity index (χ3v) is 5.30. The molecule has 2 amide bonds. The molecule has 148 valence electrons. The van der Waals surface area contributed by atoms with Gasteiger partial charge in [-0.25, -0.2) is 0 Å². The molecule has 3 N–H and O–H groups in total. The monoisotopic (exact) mass is 382 g/mol. The van der Waals surface area contributed by atoms with Gasteiger partial charge in [0.1, 0.15) is 5.75 Å². The fourth-order valence-electron chi connectivity index (χ4n) is 3.77. The van der Waals surface area contributed by atoms with Crippen molar-refractivity contribution in [2.45, 2.75) is 19.3 Å². The van der Waals surface area contributed by atoms with Crippen LogP contribution in [0.5, 0.6) is 5.75 Å². The van der Waals surface area contributed by atoms with Crippen LogP contribution in [0.15, 0.2) is 48.5 Å². The maximum absolute atomic E-state index is 13.0. The Bertz CT molecular complexity index is 844. The zero-order chi connectivity index (χ0) is 20.0. The average Bonchev–Trinajstić information content (AvgIpc) is 2.73. The number of amides is 2. The highest BCUT2D eigenvalue weighted by atomic mass is 16.5. The number of rotatable bonds is 7. The summed E-state index contributed by atoms with van der Waals surface area (Å²) in [5.41, 5.74) is 7.65. The first-order valence-corrected chi connectivity index (χ1v) is 9.41. The summed E-state index contributed by atoms with van der Waals surface area (Å²) in [5, 5.41) is 2.70. The molecular weight excluding hydrogens is 356 g/mol. The Hall–Kier alpha value is -2.86. The summed E-state index contributed by atoms with van der Waals surface area (Å²) in [5.74, 6) is 0.0866. The van der Waals surface area contributed by atoms with Crippen molar-refractivity contribution >= 4 is 11.8 Å². The molecule has 1 heterocycles. The van der Waals surface area contributed by atoms with Gasteiger partial charge in [0, 0.05) is 18.8 Å². The molecule has 6 nitrogen and oxygen atoms in total. The van der Waals surface area contributed by atoms with E-state index < -0.39 is 11.3 Å². The van der Waals surface area contributed by atoms with Crippen molar-refractivity contribution in [2.75, 3.05) is 26.9 Å². The first kappa shape index (κ1) is 19.9. The molecule has 0 atom stereocenters. The van der Waals surface area contributed by atoms with Crippen LogP contribution in [0.3, 0.4) is 0 Å². The van der Waals surface area contributed by atoms with Crippen LogP contribution in [-0.2, 0) is 20.7 Å². The van der Waals surface area contributed by atoms with E-state index in [9.17, 15) is 9.59 Å². The number of carbonyl (C=O) groups excluding carboxylic acids is 2. The molecule has 1 aliphatic heterocycles. The van der Waals surface area contributed by atoms with Gasteiger partial charge in [0.25, 0.3) is 0 Å². The van der Waals surface area contributed by atoms with E-state index in [1.54, 1.807) is 7.11 Å². The predicted molar refractivity (Wildman–Crippen MR) is 107 cm³/mol. The predicted octanol–water partition coefficient (Wildman–Crippen LogP) is 2.30. The molecule has 0 unspecified atom stereocenters. The molecule has 3 rings (SSSR count). The van der Waals surface area contributed by atoms with Gasteiger partial charge in [0.2, 0.25) is 11.8 Å². The number of primary amides is 1. The quantitative estimate of drug-likeness (QED) is 0.769. The second-order valence-electron chi connectivity index (χ2n) is 7.08. The Morgan fingerprint density at radius 1 is 1.07 bits per heavy atom. The molecule has 1 fully saturated rings. The van der Waals surface area contributed by atoms with Crippen LogP contribution in [0, 0.1) is 5.41 Å². The largest absolute Gasteiger partial charge is 0.496 e. The van der Waals surface area contributed by atoms with Gasteiger partial charge in [-0.3, -0.25) is 9.59 Å². The van der Waals surface area contributed by atoms with Crippen molar-refractivity contribution in [3.8, 4) is 16.9 Å². The minimum atomic E-state index is -0.633. The van der Waals surface area contributed by atoms with Crippen molar-refractivity contribution in [3.63, 3.8) is 0 Å². The van der Waals surface area contributed by atoms with Crippen molar-refractivity contribution < 1.29 is 19.1 Å². The van der Waals surface area contributed by atoms with Gasteiger partial charge < -0.3 is 20.5 Å². The van der Waals surface area contributed by atoms with Crippen LogP contribution in [0.1, 0.15) is 18.4 Å². The molecule has 6 heteroatoms. The van der Waals surface area contributed by atoms with E-state index in [0.717, 1.165) is 22.4 Å². The number of hydrogen-bond acceptors (Lipinski definition) is 4. The van der Waals surface area contributed by atoms with Gasteiger partial charge in [-0.2, -0.15) is 0 Å². The van der Waals surface area contributed by atoms with Crippen molar-refractivity contribution in [1.82, 2.24) is 5.32 Å². The number of nitrogens with one attached hydrogen (secondary N) is 1. The van der Waals surface area contributed by atoms with E-state index in [-0.39, 0.29) is 12.5 Å². The van der Waals surface area contributed by atoms with Crippen LogP contribution in [0.25, 0.3) is 11.1 Å². The van der Waals surface area contributed by atoms with Gasteiger partial charge >= 0.3 is 0 Å². The molecule has 0 radical (unpaired) electrons. The van der Waals surface area contributed by atoms with Gasteiger partial charge in [-0.1, -0.05) is 42.5 Å². The average molecular weight is 382 g/mol. The van der Waals surface area contributed by atoms with E-state index >= 15 is 0 Å². The number of nitrogens with two attached hydrogens (primary N) is 1. The lowest BCUT2D eigenvalue weighted by Gasteiger charge is -2.36. The summed E-state index contributed by atoms with van der Waals surface area (Å²) in [7, 11) is 1.65. The van der Waals surface area contributed by atoms with Crippen molar-refractivity contribution in [1.29, 1.82) is 0 Å². The lowest BCUT2D eigenvalue weighted by Crippen LogP contribution is -2.48. The topological polar surface area (TPSA) is 90.6 Å². The van der Waals surface area contributed by atoms with Gasteiger partial charge in [-0.05, 0) is 36.5 Å². The summed E-state index contributed by atoms with van der Waals surface area (Å²) in [4.78, 5) is 24.1. The number of para-hydroxylation sites is 1. The minimum Gasteiger partial charge on any atom is -0.496 e. The fraction of sp³-hybridized carbons (Fsp3) is 0.364. The van der Waals surface area contributed by atoms with E-state index in [1.165, 1.54) is 0 Å². The van der Waals surface area contributed by atoms with E-state index in [2.05, 4.69) is 5.32 Å². The second kappa shape index (κ2) is 8.89. The molecule has 2 aromatic rings. The molecule has 1 aliphatic rings. The minimum absolute atomic E-state index is 0.149. The first-order valence-electron chi connectivity index (χ1n) is 9.41. The standard InChI is InChI=1S/C22H26N2O4/c1-27-19-9-5-4-8-18(19)17-7-3-2-6-16(17)14-22(10-12-28-13-11-22)21(26)24-15-20(23)25/h2-9H,10-15H2,1H3,(H2,23,25)(H,24,26). The highest BCUT2D eigenvalue weighted by Crippen LogP contribution is 2.39. The van der Waals surface area contributed by atoms with Crippen LogP contribution in [-0.4, -0.2) is 38.7 Å². The van der Waals surface area contributed by atoms with E-state index in [0.29, 0.717) is 32.5 Å². The smallest absolute Gasteiger partial charge is 0.236 e. The SMILES string of the molecule is COc1ccccc1-c1ccccc1CC1(C(=O)NCC(N)=O)CCOCC1. The van der Waals surface area contributed by atoms with Crippen LogP contribution >= 0.6 is 0 Å². The lowest BCUT2D eigenvalue weighted by molar-refractivity contribution is -0.137. The molecule has 0 aliphatic carbocycles. The molecule has 0 spiro atoms. The number of ether oxygens (including phenoxy) is 2. The summed E-state index contributed by atoms with van der Waals surface area (Å²) in [6, 6.07) is 15.9. The zero-order valence-electron chi connectivity index (χ0n) is 16.1. The summed E-state index contributed by atoms with van der Waals surface area (Å²) >= 11 is 0. The molecule has 1 saturated heterocycles. The zero-order valence-corrected chi connectivity index (χ0v) is 16.1. The molecule has 0 saturated carbocycles. The summed E-state index contributed by atoms with van der Waals surface area (Å²) < 4.78 is 11.0. The lowest BCUT2D eigenvalue weighted by atomic mass is 9.73. The van der Waals surface area contributed by atoms with E-state index in [1.807, 2.05) is 48.5 Å². The maximum Gasteiger partial charge on any atom is 0.236 e. The number of benzene rings is 2. The second-order valence-corrected chi connectivity index (χ2v) is 7.08. The number of methoxy groups -OCH3 is 1. The maximum atomic E-state index is 13.0. The third-order valence-electron chi connectivity index (χ3n) is 5.30. The molecule has 28 heavy (non-hydrogen) atoms. The van der Waals surface area contributed by atoms with Gasteiger partial charge in [0.05, 0.1) is 19.1 Å². The normalized spacial score (nSPS) is 15.6. The molecule has 2 aromatic carbocycles. The Kier molecular flexibility index (Phi) is 6.31. The third kappa shape index (κ3) is 4.34. The molecular formula is C22H26N2O4. The molecule has 0 bridgehead atoms. The number of carbonyl (C=O) groups is 2. The van der Waals surface area contributed by atoms with Crippen molar-refractivity contribution in [2.24, 2.45) is 11.1 Å². The van der Waals surface area contributed by atoms with Crippen LogP contribution in [0.4, 0.5) is 0 Å². The summed E-state index contributed by atoms with van der Waals surface area (Å²) in [6.07, 6.45) is 1.74. The summed E-state index contributed by atoms with van der Waals surface area (Å²) in [6.45, 7) is 0.872. The Balaban J connectivity index is 1.96. The molecule has 0 aromatic heterocycles. The van der Waals surface area contributed by atoms with E-state index in [4.69, 9.17) is 15.2 Å². The van der Waals surface area contributed by atoms with Crippen LogP contribution in [0.2, 0.25) is 0 Å². The van der Waals surface area contributed by atoms with Gasteiger partial charge in [-0.15, -0.1) is 0 Å². The number of hydrogen-bond donors (Lipinski definition) is 2. The highest BCUT2D eigenvalue weighted by Gasteiger charge is 2.40. The van der Waals surface area contributed by atoms with Crippen LogP contribution < -0.4 is 15.8 Å². The van der Waals surface area contributed by atoms with Gasteiger partial charge in [0.15, 0.2) is 0 Å².